The van der Waals surface area contributed by atoms with Crippen LogP contribution in [0.25, 0.3) is 22.7 Å². The fourth-order valence-corrected chi connectivity index (χ4v) is 3.17. The number of hydrogen-bond donors (Lipinski definition) is 4. The maximum absolute atomic E-state index is 12.1. The van der Waals surface area contributed by atoms with E-state index < -0.39 is 30.4 Å². The van der Waals surface area contributed by atoms with Crippen molar-refractivity contribution >= 4 is 22.9 Å². The molecular weight excluding hydrogens is 368 g/mol. The highest BCUT2D eigenvalue weighted by atomic mass is 16.6. The predicted molar refractivity (Wildman–Crippen MR) is 97.2 cm³/mol. The third-order valence-corrected chi connectivity index (χ3v) is 4.52. The average molecular weight is 388 g/mol. The van der Waals surface area contributed by atoms with Crippen LogP contribution in [0.1, 0.15) is 13.2 Å². The van der Waals surface area contributed by atoms with Crippen LogP contribution in [0.3, 0.4) is 0 Å². The molecule has 1 aliphatic heterocycles. The maximum atomic E-state index is 12.1. The van der Waals surface area contributed by atoms with Crippen molar-refractivity contribution in [3.63, 3.8) is 0 Å². The number of nitrogens with one attached hydrogen (secondary N) is 2. The third-order valence-electron chi connectivity index (χ3n) is 4.52. The first-order chi connectivity index (χ1) is 13.5. The van der Waals surface area contributed by atoms with Crippen LogP contribution in [0.2, 0.25) is 0 Å². The fourth-order valence-electron chi connectivity index (χ4n) is 3.17. The van der Waals surface area contributed by atoms with Gasteiger partial charge in [0, 0.05) is 13.6 Å². The number of fused-ring (bicyclic) bond motifs is 1. The lowest BCUT2D eigenvalue weighted by Crippen LogP contribution is -2.42. The van der Waals surface area contributed by atoms with Gasteiger partial charge in [0.1, 0.15) is 12.2 Å². The summed E-state index contributed by atoms with van der Waals surface area (Å²) in [6.07, 6.45) is -2.04. The van der Waals surface area contributed by atoms with Crippen molar-refractivity contribution in [3.05, 3.63) is 24.7 Å². The number of furan rings is 1. The van der Waals surface area contributed by atoms with Gasteiger partial charge < -0.3 is 30.0 Å². The van der Waals surface area contributed by atoms with E-state index in [1.54, 1.807) is 26.1 Å². The molecule has 0 aromatic carbocycles. The largest absolute Gasteiger partial charge is 0.461 e. The van der Waals surface area contributed by atoms with Crippen LogP contribution in [-0.4, -0.2) is 67.5 Å². The van der Waals surface area contributed by atoms with Crippen molar-refractivity contribution in [3.8, 4) is 11.6 Å². The van der Waals surface area contributed by atoms with Gasteiger partial charge in [0.2, 0.25) is 0 Å². The van der Waals surface area contributed by atoms with Gasteiger partial charge in [-0.3, -0.25) is 9.36 Å². The highest BCUT2D eigenvalue weighted by Crippen LogP contribution is 2.33. The summed E-state index contributed by atoms with van der Waals surface area (Å²) < 4.78 is 12.5. The monoisotopic (exact) mass is 388 g/mol. The number of likely N-dealkylation sites (N-methyl/N-ethyl adjacent to an activating group) is 1. The molecular formula is C17H20N6O5. The van der Waals surface area contributed by atoms with E-state index in [0.29, 0.717) is 35.1 Å². The van der Waals surface area contributed by atoms with Gasteiger partial charge in [0.05, 0.1) is 12.6 Å². The number of nitrogens with zero attached hydrogens (tertiary/aromatic N) is 4. The minimum absolute atomic E-state index is 0.317. The van der Waals surface area contributed by atoms with E-state index in [1.807, 2.05) is 0 Å². The topological polar surface area (TPSA) is 148 Å². The number of aromatic nitrogens is 4. The molecule has 3 aromatic heterocycles. The van der Waals surface area contributed by atoms with Crippen LogP contribution in [-0.2, 0) is 9.53 Å². The summed E-state index contributed by atoms with van der Waals surface area (Å²) in [6, 6.07) is 3.44. The number of amides is 1. The van der Waals surface area contributed by atoms with Gasteiger partial charge >= 0.3 is 0 Å². The molecule has 11 nitrogen and oxygen atoms in total. The van der Waals surface area contributed by atoms with Crippen LogP contribution >= 0.6 is 0 Å². The summed E-state index contributed by atoms with van der Waals surface area (Å²) >= 11 is 0. The van der Waals surface area contributed by atoms with Crippen molar-refractivity contribution in [2.75, 3.05) is 18.9 Å². The number of aliphatic hydroxyl groups excluding tert-OH is 2. The molecule has 1 saturated heterocycles. The molecule has 0 radical (unpaired) electrons. The van der Waals surface area contributed by atoms with E-state index in [1.165, 1.54) is 17.2 Å². The molecule has 4 atom stereocenters. The second-order valence-electron chi connectivity index (χ2n) is 6.27. The van der Waals surface area contributed by atoms with Crippen molar-refractivity contribution < 1.29 is 24.2 Å². The second-order valence-corrected chi connectivity index (χ2v) is 6.27. The molecule has 11 heteroatoms. The van der Waals surface area contributed by atoms with Gasteiger partial charge in [-0.05, 0) is 19.1 Å². The number of carbonyl (C=O) groups is 1. The summed E-state index contributed by atoms with van der Waals surface area (Å²) in [7, 11) is 1.70. The standard InChI is InChI=1S/C17H20N6O5/c1-3-19-16(26)12-10(24)11(25)17(28-12)23-7-20-9-14(18-2)21-13(22-15(9)23)8-5-4-6-27-8/h4-7,10-12,17,24-25H,3H2,1-2H3,(H,19,26)(H,18,21,22)/t10?,11?,12-,17?/m1/s1. The summed E-state index contributed by atoms with van der Waals surface area (Å²) in [4.78, 5) is 25.3. The van der Waals surface area contributed by atoms with Crippen LogP contribution in [0.4, 0.5) is 5.82 Å². The minimum Gasteiger partial charge on any atom is -0.461 e. The zero-order valence-electron chi connectivity index (χ0n) is 15.2. The van der Waals surface area contributed by atoms with E-state index >= 15 is 0 Å². The number of aliphatic hydroxyl groups is 2. The van der Waals surface area contributed by atoms with Crippen molar-refractivity contribution in [2.45, 2.75) is 31.5 Å². The number of imidazole rings is 1. The molecule has 4 rings (SSSR count). The van der Waals surface area contributed by atoms with Crippen LogP contribution < -0.4 is 10.6 Å². The fraction of sp³-hybridized carbons (Fsp3) is 0.412. The number of ether oxygens (including phenoxy) is 1. The Morgan fingerprint density at radius 3 is 2.82 bits per heavy atom. The number of rotatable bonds is 5. The first-order valence-corrected chi connectivity index (χ1v) is 8.80. The second kappa shape index (κ2) is 7.19. The highest BCUT2D eigenvalue weighted by Gasteiger charge is 2.47. The van der Waals surface area contributed by atoms with E-state index in [0.717, 1.165) is 0 Å². The van der Waals surface area contributed by atoms with Crippen molar-refractivity contribution in [1.29, 1.82) is 0 Å². The lowest BCUT2D eigenvalue weighted by molar-refractivity contribution is -0.137. The van der Waals surface area contributed by atoms with E-state index in [9.17, 15) is 15.0 Å². The molecule has 0 bridgehead atoms. The van der Waals surface area contributed by atoms with Gasteiger partial charge in [-0.1, -0.05) is 0 Å². The summed E-state index contributed by atoms with van der Waals surface area (Å²) in [5.41, 5.74) is 0.808. The lowest BCUT2D eigenvalue weighted by atomic mass is 10.1. The molecule has 4 heterocycles. The Morgan fingerprint density at radius 2 is 2.14 bits per heavy atom. The highest BCUT2D eigenvalue weighted by molar-refractivity contribution is 5.85. The molecule has 1 fully saturated rings. The van der Waals surface area contributed by atoms with Gasteiger partial charge in [0.25, 0.3) is 5.91 Å². The quantitative estimate of drug-likeness (QED) is 0.469. The molecule has 0 saturated carbocycles. The molecule has 0 spiro atoms. The lowest BCUT2D eigenvalue weighted by Gasteiger charge is -2.16. The zero-order valence-corrected chi connectivity index (χ0v) is 15.2. The number of hydrogen-bond acceptors (Lipinski definition) is 9. The minimum atomic E-state index is -1.39. The number of carbonyl (C=O) groups excluding carboxylic acids is 1. The first kappa shape index (κ1) is 18.3. The van der Waals surface area contributed by atoms with E-state index in [-0.39, 0.29) is 0 Å². The van der Waals surface area contributed by atoms with Crippen molar-refractivity contribution in [2.24, 2.45) is 0 Å². The normalized spacial score (nSPS) is 24.6. The summed E-state index contributed by atoms with van der Waals surface area (Å²) in [5, 5.41) is 26.3. The average Bonchev–Trinajstić information content (AvgIpc) is 3.42. The molecule has 4 N–H and O–H groups in total. The summed E-state index contributed by atoms with van der Waals surface area (Å²) in [6.45, 7) is 2.13. The molecule has 3 aromatic rings. The van der Waals surface area contributed by atoms with Crippen LogP contribution in [0.15, 0.2) is 29.1 Å². The Labute approximate surface area is 159 Å². The van der Waals surface area contributed by atoms with E-state index in [4.69, 9.17) is 9.15 Å². The first-order valence-electron chi connectivity index (χ1n) is 8.80. The Morgan fingerprint density at radius 1 is 1.32 bits per heavy atom. The van der Waals surface area contributed by atoms with E-state index in [2.05, 4.69) is 25.6 Å². The Hall–Kier alpha value is -3.02. The van der Waals surface area contributed by atoms with Crippen molar-refractivity contribution in [1.82, 2.24) is 24.8 Å². The molecule has 0 aliphatic carbocycles. The molecule has 3 unspecified atom stereocenters. The van der Waals surface area contributed by atoms with Crippen LogP contribution in [0.5, 0.6) is 0 Å². The maximum Gasteiger partial charge on any atom is 0.252 e. The number of anilines is 1. The predicted octanol–water partition coefficient (Wildman–Crippen LogP) is -0.117. The molecule has 28 heavy (non-hydrogen) atoms. The van der Waals surface area contributed by atoms with Gasteiger partial charge in [0.15, 0.2) is 40.9 Å². The smallest absolute Gasteiger partial charge is 0.252 e. The molecule has 1 aliphatic rings. The zero-order chi connectivity index (χ0) is 19.8. The van der Waals surface area contributed by atoms with Gasteiger partial charge in [-0.2, -0.15) is 0 Å². The van der Waals surface area contributed by atoms with Crippen LogP contribution in [0, 0.1) is 0 Å². The Kier molecular flexibility index (Phi) is 4.71. The molecule has 1 amide bonds. The van der Waals surface area contributed by atoms with Gasteiger partial charge in [-0.15, -0.1) is 0 Å². The molecule has 148 valence electrons. The summed E-state index contributed by atoms with van der Waals surface area (Å²) in [5.74, 6) is 0.738. The SMILES string of the molecule is CCNC(=O)[C@@H]1OC(n2cnc3c(NC)nc(-c4ccco4)nc32)C(O)C1O. The van der Waals surface area contributed by atoms with Gasteiger partial charge in [-0.25, -0.2) is 15.0 Å². The Bertz CT molecular complexity index is 988. The Balaban J connectivity index is 1.77. The third kappa shape index (κ3) is 2.89.